The molecule has 0 bridgehead atoms. The fourth-order valence-electron chi connectivity index (χ4n) is 2.05. The maximum atomic E-state index is 4.20. The first-order valence-corrected chi connectivity index (χ1v) is 5.44. The summed E-state index contributed by atoms with van der Waals surface area (Å²) in [4.78, 5) is 4.20. The third kappa shape index (κ3) is 1.95. The lowest BCUT2D eigenvalue weighted by atomic mass is 10.1. The minimum Gasteiger partial charge on any atom is -0.317 e. The van der Waals surface area contributed by atoms with Crippen LogP contribution in [0.15, 0.2) is 18.5 Å². The van der Waals surface area contributed by atoms with Gasteiger partial charge in [0.15, 0.2) is 0 Å². The predicted octanol–water partition coefficient (Wildman–Crippen LogP) is 2.10. The molecule has 2 nitrogen and oxygen atoms in total. The van der Waals surface area contributed by atoms with Crippen LogP contribution in [0.1, 0.15) is 30.4 Å². The van der Waals surface area contributed by atoms with Crippen LogP contribution in [0.5, 0.6) is 0 Å². The highest BCUT2D eigenvalue weighted by Gasteiger charge is 2.38. The molecular weight excluding hydrogens is 172 g/mol. The van der Waals surface area contributed by atoms with Crippen LogP contribution in [0, 0.1) is 12.8 Å². The van der Waals surface area contributed by atoms with E-state index in [2.05, 4.69) is 30.2 Å². The summed E-state index contributed by atoms with van der Waals surface area (Å²) in [5.41, 5.74) is 2.85. The van der Waals surface area contributed by atoms with Gasteiger partial charge in [0.05, 0.1) is 0 Å². The highest BCUT2D eigenvalue weighted by molar-refractivity contribution is 5.30. The smallest absolute Gasteiger partial charge is 0.0305 e. The molecule has 1 aromatic heterocycles. The van der Waals surface area contributed by atoms with Gasteiger partial charge < -0.3 is 5.32 Å². The molecule has 0 aromatic carbocycles. The van der Waals surface area contributed by atoms with Crippen molar-refractivity contribution >= 4 is 0 Å². The van der Waals surface area contributed by atoms with Crippen molar-refractivity contribution in [1.82, 2.24) is 10.3 Å². The van der Waals surface area contributed by atoms with Crippen LogP contribution in [-0.4, -0.2) is 18.1 Å². The fraction of sp³-hybridized carbons (Fsp3) is 0.583. The number of rotatable bonds is 4. The maximum Gasteiger partial charge on any atom is 0.0305 e. The second-order valence-corrected chi connectivity index (χ2v) is 4.14. The molecule has 0 aliphatic heterocycles. The highest BCUT2D eigenvalue weighted by Crippen LogP contribution is 2.47. The highest BCUT2D eigenvalue weighted by atomic mass is 14.9. The van der Waals surface area contributed by atoms with Crippen molar-refractivity contribution < 1.29 is 0 Å². The zero-order valence-corrected chi connectivity index (χ0v) is 8.96. The monoisotopic (exact) mass is 190 g/mol. The minimum atomic E-state index is 0.766. The number of nitrogens with one attached hydrogen (secondary N) is 1. The summed E-state index contributed by atoms with van der Waals surface area (Å²) in [6.07, 6.45) is 5.24. The van der Waals surface area contributed by atoms with Crippen LogP contribution >= 0.6 is 0 Å². The quantitative estimate of drug-likeness (QED) is 0.786. The molecule has 76 valence electrons. The lowest BCUT2D eigenvalue weighted by Gasteiger charge is -2.04. The maximum absolute atomic E-state index is 4.20. The van der Waals surface area contributed by atoms with Crippen molar-refractivity contribution in [3.8, 4) is 0 Å². The van der Waals surface area contributed by atoms with Crippen molar-refractivity contribution in [3.05, 3.63) is 29.6 Å². The van der Waals surface area contributed by atoms with Crippen molar-refractivity contribution in [2.45, 2.75) is 26.2 Å². The summed E-state index contributed by atoms with van der Waals surface area (Å²) in [6, 6.07) is 2.11. The van der Waals surface area contributed by atoms with E-state index in [0.717, 1.165) is 24.9 Å². The third-order valence-corrected chi connectivity index (χ3v) is 3.06. The van der Waals surface area contributed by atoms with Crippen LogP contribution in [0.2, 0.25) is 0 Å². The van der Waals surface area contributed by atoms with Gasteiger partial charge in [-0.2, -0.15) is 0 Å². The van der Waals surface area contributed by atoms with Gasteiger partial charge in [-0.1, -0.05) is 6.92 Å². The van der Waals surface area contributed by atoms with E-state index in [-0.39, 0.29) is 0 Å². The first-order chi connectivity index (χ1) is 6.83. The summed E-state index contributed by atoms with van der Waals surface area (Å²) in [7, 11) is 0. The van der Waals surface area contributed by atoms with Crippen molar-refractivity contribution in [2.75, 3.05) is 13.1 Å². The SMILES string of the molecule is CCNCC1CC1c1cnccc1C. The molecule has 1 aromatic rings. The molecule has 1 heterocycles. The van der Waals surface area contributed by atoms with E-state index in [0.29, 0.717) is 0 Å². The van der Waals surface area contributed by atoms with Crippen molar-refractivity contribution in [2.24, 2.45) is 5.92 Å². The van der Waals surface area contributed by atoms with E-state index >= 15 is 0 Å². The van der Waals surface area contributed by atoms with Crippen molar-refractivity contribution in [3.63, 3.8) is 0 Å². The van der Waals surface area contributed by atoms with Gasteiger partial charge in [0, 0.05) is 12.4 Å². The molecule has 0 saturated heterocycles. The van der Waals surface area contributed by atoms with Gasteiger partial charge in [-0.3, -0.25) is 4.98 Å². The Balaban J connectivity index is 1.96. The number of pyridine rings is 1. The molecule has 1 saturated carbocycles. The Morgan fingerprint density at radius 3 is 3.14 bits per heavy atom. The van der Waals surface area contributed by atoms with Gasteiger partial charge in [0.2, 0.25) is 0 Å². The zero-order chi connectivity index (χ0) is 9.97. The zero-order valence-electron chi connectivity index (χ0n) is 8.96. The van der Waals surface area contributed by atoms with Crippen LogP contribution in [-0.2, 0) is 0 Å². The summed E-state index contributed by atoms with van der Waals surface area (Å²) in [5.74, 6) is 1.61. The van der Waals surface area contributed by atoms with Gasteiger partial charge in [-0.25, -0.2) is 0 Å². The molecule has 14 heavy (non-hydrogen) atoms. The van der Waals surface area contributed by atoms with E-state index in [4.69, 9.17) is 0 Å². The van der Waals surface area contributed by atoms with Crippen LogP contribution in [0.3, 0.4) is 0 Å². The third-order valence-electron chi connectivity index (χ3n) is 3.06. The van der Waals surface area contributed by atoms with Gasteiger partial charge in [-0.15, -0.1) is 0 Å². The molecule has 2 unspecified atom stereocenters. The number of nitrogens with zero attached hydrogens (tertiary/aromatic N) is 1. The standard InChI is InChI=1S/C12H18N2/c1-3-13-7-10-6-11(10)12-8-14-5-4-9(12)2/h4-5,8,10-11,13H,3,6-7H2,1-2H3. The normalized spacial score (nSPS) is 25.0. The van der Waals surface area contributed by atoms with E-state index in [1.54, 1.807) is 0 Å². The second-order valence-electron chi connectivity index (χ2n) is 4.14. The topological polar surface area (TPSA) is 24.9 Å². The molecule has 2 rings (SSSR count). The Bertz CT molecular complexity index is 309. The molecule has 1 N–H and O–H groups in total. The Kier molecular flexibility index (Phi) is 2.82. The summed E-state index contributed by atoms with van der Waals surface area (Å²) in [5, 5.41) is 3.41. The van der Waals surface area contributed by atoms with E-state index in [1.165, 1.54) is 17.5 Å². The first-order valence-electron chi connectivity index (χ1n) is 5.44. The minimum absolute atomic E-state index is 0.766. The second kappa shape index (κ2) is 4.09. The fourth-order valence-corrected chi connectivity index (χ4v) is 2.05. The van der Waals surface area contributed by atoms with E-state index in [9.17, 15) is 0 Å². The van der Waals surface area contributed by atoms with Crippen molar-refractivity contribution in [1.29, 1.82) is 0 Å². The van der Waals surface area contributed by atoms with E-state index < -0.39 is 0 Å². The Morgan fingerprint density at radius 2 is 2.43 bits per heavy atom. The number of aryl methyl sites for hydroxylation is 1. The largest absolute Gasteiger partial charge is 0.317 e. The Labute approximate surface area is 85.7 Å². The predicted molar refractivity (Wildman–Crippen MR) is 58.4 cm³/mol. The molecule has 0 amide bonds. The molecule has 0 radical (unpaired) electrons. The number of aromatic nitrogens is 1. The van der Waals surface area contributed by atoms with Crippen LogP contribution < -0.4 is 5.32 Å². The average molecular weight is 190 g/mol. The van der Waals surface area contributed by atoms with Crippen LogP contribution in [0.25, 0.3) is 0 Å². The van der Waals surface area contributed by atoms with Gasteiger partial charge in [-0.05, 0) is 55.5 Å². The number of hydrogen-bond acceptors (Lipinski definition) is 2. The average Bonchev–Trinajstić information content (AvgIpc) is 2.95. The lowest BCUT2D eigenvalue weighted by Crippen LogP contribution is -2.16. The first kappa shape index (κ1) is 9.66. The summed E-state index contributed by atoms with van der Waals surface area (Å²) in [6.45, 7) is 6.58. The number of hydrogen-bond donors (Lipinski definition) is 1. The summed E-state index contributed by atoms with van der Waals surface area (Å²) < 4.78 is 0. The Hall–Kier alpha value is -0.890. The van der Waals surface area contributed by atoms with Gasteiger partial charge >= 0.3 is 0 Å². The lowest BCUT2D eigenvalue weighted by molar-refractivity contribution is 0.648. The molecule has 2 atom stereocenters. The Morgan fingerprint density at radius 1 is 1.57 bits per heavy atom. The molecule has 0 spiro atoms. The van der Waals surface area contributed by atoms with E-state index in [1.807, 2.05) is 12.4 Å². The molecule has 2 heteroatoms. The molecule has 1 aliphatic carbocycles. The molecule has 1 aliphatic rings. The molecular formula is C12H18N2. The molecule has 1 fully saturated rings. The van der Waals surface area contributed by atoms with Crippen LogP contribution in [0.4, 0.5) is 0 Å². The van der Waals surface area contributed by atoms with Gasteiger partial charge in [0.25, 0.3) is 0 Å². The summed E-state index contributed by atoms with van der Waals surface area (Å²) >= 11 is 0. The van der Waals surface area contributed by atoms with Gasteiger partial charge in [0.1, 0.15) is 0 Å².